The van der Waals surface area contributed by atoms with Crippen molar-refractivity contribution >= 4 is 5.91 Å². The van der Waals surface area contributed by atoms with Crippen LogP contribution in [0, 0.1) is 5.92 Å². The van der Waals surface area contributed by atoms with E-state index in [-0.39, 0.29) is 6.10 Å². The highest BCUT2D eigenvalue weighted by Gasteiger charge is 2.40. The van der Waals surface area contributed by atoms with Crippen molar-refractivity contribution in [3.63, 3.8) is 0 Å². The van der Waals surface area contributed by atoms with Crippen molar-refractivity contribution in [2.45, 2.75) is 70.6 Å². The quantitative estimate of drug-likeness (QED) is 0.797. The van der Waals surface area contributed by atoms with Crippen LogP contribution in [0.15, 0.2) is 0 Å². The molecule has 0 aliphatic carbocycles. The van der Waals surface area contributed by atoms with Gasteiger partial charge in [0.05, 0.1) is 12.5 Å². The number of ether oxygens (including phenoxy) is 1. The number of amides is 1. The van der Waals surface area contributed by atoms with Crippen molar-refractivity contribution < 1.29 is 9.53 Å². The monoisotopic (exact) mass is 294 g/mol. The van der Waals surface area contributed by atoms with E-state index < -0.39 is 0 Å². The van der Waals surface area contributed by atoms with E-state index >= 15 is 0 Å². The Kier molecular flexibility index (Phi) is 4.85. The van der Waals surface area contributed by atoms with Crippen molar-refractivity contribution in [1.82, 2.24) is 9.80 Å². The molecule has 3 aliphatic heterocycles. The summed E-state index contributed by atoms with van der Waals surface area (Å²) in [6.45, 7) is 8.73. The first-order chi connectivity index (χ1) is 10.1. The standard InChI is InChI=1S/C17H30N2O2/c1-13(2)16-10-14(18-7-3-4-8-18)12-19(16)17(20)11-15-6-5-9-21-15/h13-16H,3-12H2,1-2H3. The Morgan fingerprint density at radius 1 is 1.24 bits per heavy atom. The number of nitrogens with zero attached hydrogens (tertiary/aromatic N) is 2. The second-order valence-electron chi connectivity index (χ2n) is 7.33. The van der Waals surface area contributed by atoms with Gasteiger partial charge in [-0.1, -0.05) is 13.8 Å². The van der Waals surface area contributed by atoms with Crippen molar-refractivity contribution in [3.8, 4) is 0 Å². The smallest absolute Gasteiger partial charge is 0.225 e. The maximum Gasteiger partial charge on any atom is 0.225 e. The topological polar surface area (TPSA) is 32.8 Å². The highest BCUT2D eigenvalue weighted by molar-refractivity contribution is 5.77. The van der Waals surface area contributed by atoms with E-state index in [1.807, 2.05) is 0 Å². The first kappa shape index (κ1) is 15.3. The second kappa shape index (κ2) is 6.66. The van der Waals surface area contributed by atoms with Gasteiger partial charge in [0.25, 0.3) is 0 Å². The number of carbonyl (C=O) groups excluding carboxylic acids is 1. The third-order valence-electron chi connectivity index (χ3n) is 5.49. The van der Waals surface area contributed by atoms with Crippen LogP contribution in [-0.4, -0.2) is 60.1 Å². The normalized spacial score (nSPS) is 34.2. The SMILES string of the molecule is CC(C)C1CC(N2CCCC2)CN1C(=O)CC1CCCO1. The summed E-state index contributed by atoms with van der Waals surface area (Å²) in [5.41, 5.74) is 0. The molecule has 1 amide bonds. The van der Waals surface area contributed by atoms with Crippen LogP contribution in [-0.2, 0) is 9.53 Å². The van der Waals surface area contributed by atoms with Gasteiger partial charge in [-0.05, 0) is 51.1 Å². The van der Waals surface area contributed by atoms with Crippen LogP contribution in [0.4, 0.5) is 0 Å². The van der Waals surface area contributed by atoms with E-state index in [1.54, 1.807) is 0 Å². The molecule has 3 fully saturated rings. The van der Waals surface area contributed by atoms with Crippen molar-refractivity contribution in [2.75, 3.05) is 26.2 Å². The summed E-state index contributed by atoms with van der Waals surface area (Å²) in [4.78, 5) is 17.5. The van der Waals surface area contributed by atoms with E-state index in [0.717, 1.165) is 32.4 Å². The zero-order valence-electron chi connectivity index (χ0n) is 13.6. The van der Waals surface area contributed by atoms with E-state index in [9.17, 15) is 4.79 Å². The van der Waals surface area contributed by atoms with Crippen LogP contribution >= 0.6 is 0 Å². The van der Waals surface area contributed by atoms with E-state index in [2.05, 4.69) is 23.6 Å². The Balaban J connectivity index is 1.61. The van der Waals surface area contributed by atoms with Gasteiger partial charge in [-0.3, -0.25) is 9.69 Å². The molecule has 0 radical (unpaired) electrons. The molecule has 0 saturated carbocycles. The number of carbonyl (C=O) groups is 1. The zero-order valence-corrected chi connectivity index (χ0v) is 13.6. The molecule has 4 heteroatoms. The van der Waals surface area contributed by atoms with Gasteiger partial charge in [-0.2, -0.15) is 0 Å². The Hall–Kier alpha value is -0.610. The third kappa shape index (κ3) is 3.42. The first-order valence-corrected chi connectivity index (χ1v) is 8.80. The summed E-state index contributed by atoms with van der Waals surface area (Å²) in [6, 6.07) is 1.01. The van der Waals surface area contributed by atoms with Crippen molar-refractivity contribution in [3.05, 3.63) is 0 Å². The molecule has 3 unspecified atom stereocenters. The second-order valence-corrected chi connectivity index (χ2v) is 7.33. The van der Waals surface area contributed by atoms with Crippen molar-refractivity contribution in [2.24, 2.45) is 5.92 Å². The average molecular weight is 294 g/mol. The average Bonchev–Trinajstić information content (AvgIpc) is 3.19. The summed E-state index contributed by atoms with van der Waals surface area (Å²) in [5.74, 6) is 0.869. The lowest BCUT2D eigenvalue weighted by Gasteiger charge is -2.28. The third-order valence-corrected chi connectivity index (χ3v) is 5.49. The van der Waals surface area contributed by atoms with Gasteiger partial charge in [0.15, 0.2) is 0 Å². The molecule has 0 spiro atoms. The summed E-state index contributed by atoms with van der Waals surface area (Å²) in [5, 5.41) is 0. The zero-order chi connectivity index (χ0) is 14.8. The maximum atomic E-state index is 12.7. The largest absolute Gasteiger partial charge is 0.378 e. The predicted octanol–water partition coefficient (Wildman–Crippen LogP) is 2.28. The number of rotatable bonds is 4. The highest BCUT2D eigenvalue weighted by Crippen LogP contribution is 2.30. The molecular formula is C17H30N2O2. The van der Waals surface area contributed by atoms with Crippen LogP contribution in [0.3, 0.4) is 0 Å². The molecular weight excluding hydrogens is 264 g/mol. The van der Waals surface area contributed by atoms with Crippen LogP contribution < -0.4 is 0 Å². The molecule has 3 atom stereocenters. The lowest BCUT2D eigenvalue weighted by Crippen LogP contribution is -2.41. The van der Waals surface area contributed by atoms with Gasteiger partial charge in [-0.15, -0.1) is 0 Å². The minimum atomic E-state index is 0.177. The van der Waals surface area contributed by atoms with Crippen molar-refractivity contribution in [1.29, 1.82) is 0 Å². The molecule has 0 aromatic heterocycles. The maximum absolute atomic E-state index is 12.7. The molecule has 0 N–H and O–H groups in total. The first-order valence-electron chi connectivity index (χ1n) is 8.80. The van der Waals surface area contributed by atoms with E-state index in [1.165, 1.54) is 25.9 Å². The predicted molar refractivity (Wildman–Crippen MR) is 83.1 cm³/mol. The summed E-state index contributed by atoms with van der Waals surface area (Å²) < 4.78 is 5.65. The Morgan fingerprint density at radius 2 is 2.00 bits per heavy atom. The van der Waals surface area contributed by atoms with Crippen LogP contribution in [0.1, 0.15) is 52.4 Å². The minimum absolute atomic E-state index is 0.177. The summed E-state index contributed by atoms with van der Waals surface area (Å²) >= 11 is 0. The van der Waals surface area contributed by atoms with Gasteiger partial charge in [0.1, 0.15) is 0 Å². The van der Waals surface area contributed by atoms with Crippen LogP contribution in [0.2, 0.25) is 0 Å². The van der Waals surface area contributed by atoms with Gasteiger partial charge >= 0.3 is 0 Å². The van der Waals surface area contributed by atoms with Gasteiger partial charge in [0, 0.05) is 25.2 Å². The molecule has 0 aromatic carbocycles. The molecule has 4 nitrogen and oxygen atoms in total. The summed E-state index contributed by atoms with van der Waals surface area (Å²) in [7, 11) is 0. The van der Waals surface area contributed by atoms with Gasteiger partial charge < -0.3 is 9.64 Å². The highest BCUT2D eigenvalue weighted by atomic mass is 16.5. The molecule has 3 saturated heterocycles. The fraction of sp³-hybridized carbons (Fsp3) is 0.941. The molecule has 120 valence electrons. The summed E-state index contributed by atoms with van der Waals surface area (Å²) in [6.07, 6.45) is 6.75. The van der Waals surface area contributed by atoms with Crippen LogP contribution in [0.25, 0.3) is 0 Å². The fourth-order valence-electron chi connectivity index (χ4n) is 4.25. The Morgan fingerprint density at radius 3 is 2.62 bits per heavy atom. The number of likely N-dealkylation sites (tertiary alicyclic amines) is 2. The van der Waals surface area contributed by atoms with E-state index in [0.29, 0.717) is 30.3 Å². The molecule has 0 bridgehead atoms. The molecule has 0 aromatic rings. The Bertz CT molecular complexity index is 360. The molecule has 21 heavy (non-hydrogen) atoms. The number of hydrogen-bond acceptors (Lipinski definition) is 3. The van der Waals surface area contributed by atoms with E-state index in [4.69, 9.17) is 4.74 Å². The van der Waals surface area contributed by atoms with Gasteiger partial charge in [0.2, 0.25) is 5.91 Å². The Labute approximate surface area is 128 Å². The fourth-order valence-corrected chi connectivity index (χ4v) is 4.25. The minimum Gasteiger partial charge on any atom is -0.378 e. The lowest BCUT2D eigenvalue weighted by molar-refractivity contribution is -0.135. The van der Waals surface area contributed by atoms with Crippen LogP contribution in [0.5, 0.6) is 0 Å². The number of hydrogen-bond donors (Lipinski definition) is 0. The lowest BCUT2D eigenvalue weighted by atomic mass is 9.99. The molecule has 3 rings (SSSR count). The molecule has 3 aliphatic rings. The van der Waals surface area contributed by atoms with Gasteiger partial charge in [-0.25, -0.2) is 0 Å². The molecule has 3 heterocycles.